The second-order valence-electron chi connectivity index (χ2n) is 4.20. The van der Waals surface area contributed by atoms with Crippen molar-refractivity contribution in [3.63, 3.8) is 0 Å². The van der Waals surface area contributed by atoms with Crippen molar-refractivity contribution in [2.24, 2.45) is 11.7 Å². The van der Waals surface area contributed by atoms with E-state index in [2.05, 4.69) is 18.1 Å². The Labute approximate surface area is 92.6 Å². The van der Waals surface area contributed by atoms with Crippen molar-refractivity contribution >= 4 is 11.8 Å². The van der Waals surface area contributed by atoms with Crippen molar-refractivity contribution in [2.45, 2.75) is 32.2 Å². The first kappa shape index (κ1) is 12.3. The highest BCUT2D eigenvalue weighted by atomic mass is 32.2. The van der Waals surface area contributed by atoms with Gasteiger partial charge in [-0.1, -0.05) is 6.92 Å². The summed E-state index contributed by atoms with van der Waals surface area (Å²) >= 11 is 1.93. The fraction of sp³-hybridized carbons (Fsp3) is 1.00. The third kappa shape index (κ3) is 4.20. The quantitative estimate of drug-likeness (QED) is 0.671. The zero-order valence-corrected chi connectivity index (χ0v) is 10.4. The molecule has 2 N–H and O–H groups in total. The minimum Gasteiger partial charge on any atom is -0.329 e. The van der Waals surface area contributed by atoms with E-state index in [1.54, 1.807) is 0 Å². The van der Waals surface area contributed by atoms with Gasteiger partial charge in [0.05, 0.1) is 0 Å². The van der Waals surface area contributed by atoms with Gasteiger partial charge in [-0.2, -0.15) is 11.8 Å². The first-order valence-electron chi connectivity index (χ1n) is 5.74. The van der Waals surface area contributed by atoms with Gasteiger partial charge < -0.3 is 5.73 Å². The second-order valence-corrected chi connectivity index (χ2v) is 5.19. The van der Waals surface area contributed by atoms with Crippen molar-refractivity contribution in [3.05, 3.63) is 0 Å². The Morgan fingerprint density at radius 3 is 2.64 bits per heavy atom. The number of nitrogens with two attached hydrogens (primary N) is 1. The topological polar surface area (TPSA) is 29.3 Å². The van der Waals surface area contributed by atoms with Crippen LogP contribution in [0.3, 0.4) is 0 Å². The lowest BCUT2D eigenvalue weighted by Gasteiger charge is -2.29. The van der Waals surface area contributed by atoms with E-state index in [0.29, 0.717) is 6.04 Å². The summed E-state index contributed by atoms with van der Waals surface area (Å²) in [5.74, 6) is 2.22. The molecule has 0 amide bonds. The van der Waals surface area contributed by atoms with Crippen LogP contribution in [0.25, 0.3) is 0 Å². The van der Waals surface area contributed by atoms with Gasteiger partial charge in [0.2, 0.25) is 0 Å². The zero-order chi connectivity index (χ0) is 10.4. The van der Waals surface area contributed by atoms with Gasteiger partial charge in [0.25, 0.3) is 0 Å². The van der Waals surface area contributed by atoms with Crippen LogP contribution in [-0.4, -0.2) is 42.6 Å². The summed E-state index contributed by atoms with van der Waals surface area (Å²) in [4.78, 5) is 2.58. The van der Waals surface area contributed by atoms with E-state index in [1.807, 2.05) is 11.8 Å². The maximum absolute atomic E-state index is 5.84. The minimum atomic E-state index is 0.619. The van der Waals surface area contributed by atoms with Crippen molar-refractivity contribution in [2.75, 3.05) is 31.6 Å². The fourth-order valence-electron chi connectivity index (χ4n) is 1.87. The first-order chi connectivity index (χ1) is 6.81. The lowest BCUT2D eigenvalue weighted by molar-refractivity contribution is 0.198. The summed E-state index contributed by atoms with van der Waals surface area (Å²) in [6.07, 6.45) is 6.30. The summed E-state index contributed by atoms with van der Waals surface area (Å²) in [6, 6.07) is 0.619. The predicted octanol–water partition coefficient (Wildman–Crippen LogP) is 1.80. The number of thioether (sulfide) groups is 1. The molecule has 0 aromatic carbocycles. The Hall–Kier alpha value is 0.270. The molecule has 0 aliphatic heterocycles. The lowest BCUT2D eigenvalue weighted by Crippen LogP contribution is -2.42. The predicted molar refractivity (Wildman–Crippen MR) is 65.8 cm³/mol. The van der Waals surface area contributed by atoms with Gasteiger partial charge in [0.15, 0.2) is 0 Å². The van der Waals surface area contributed by atoms with E-state index in [1.165, 1.54) is 31.6 Å². The van der Waals surface area contributed by atoms with Crippen LogP contribution in [0.15, 0.2) is 0 Å². The van der Waals surface area contributed by atoms with Crippen LogP contribution in [0.5, 0.6) is 0 Å². The molecule has 1 aliphatic rings. The highest BCUT2D eigenvalue weighted by Crippen LogP contribution is 2.30. The Morgan fingerprint density at radius 2 is 2.21 bits per heavy atom. The third-order valence-corrected chi connectivity index (χ3v) is 3.68. The van der Waals surface area contributed by atoms with E-state index in [0.717, 1.165) is 19.0 Å². The van der Waals surface area contributed by atoms with E-state index < -0.39 is 0 Å². The molecule has 0 spiro atoms. The van der Waals surface area contributed by atoms with Crippen molar-refractivity contribution in [1.29, 1.82) is 0 Å². The molecule has 84 valence electrons. The summed E-state index contributed by atoms with van der Waals surface area (Å²) in [7, 11) is 0. The van der Waals surface area contributed by atoms with Crippen LogP contribution in [-0.2, 0) is 0 Å². The van der Waals surface area contributed by atoms with E-state index in [4.69, 9.17) is 5.73 Å². The molecule has 0 radical (unpaired) electrons. The maximum Gasteiger partial charge on any atom is 0.0226 e. The van der Waals surface area contributed by atoms with Gasteiger partial charge in [0.1, 0.15) is 0 Å². The summed E-state index contributed by atoms with van der Waals surface area (Å²) in [6.45, 7) is 5.52. The molecule has 1 saturated carbocycles. The summed E-state index contributed by atoms with van der Waals surface area (Å²) < 4.78 is 0. The van der Waals surface area contributed by atoms with Gasteiger partial charge >= 0.3 is 0 Å². The van der Waals surface area contributed by atoms with Crippen molar-refractivity contribution in [3.8, 4) is 0 Å². The van der Waals surface area contributed by atoms with Crippen molar-refractivity contribution in [1.82, 2.24) is 4.90 Å². The molecule has 1 fully saturated rings. The van der Waals surface area contributed by atoms with Crippen LogP contribution in [0, 0.1) is 5.92 Å². The molecule has 0 bridgehead atoms. The lowest BCUT2D eigenvalue weighted by atomic mass is 10.2. The maximum atomic E-state index is 5.84. The molecule has 0 aromatic rings. The summed E-state index contributed by atoms with van der Waals surface area (Å²) in [5.41, 5.74) is 5.84. The van der Waals surface area contributed by atoms with Crippen LogP contribution >= 0.6 is 11.8 Å². The van der Waals surface area contributed by atoms with Crippen molar-refractivity contribution < 1.29 is 0 Å². The number of nitrogens with zero attached hydrogens (tertiary/aromatic N) is 1. The fourth-order valence-corrected chi connectivity index (χ4v) is 2.38. The molecule has 0 aromatic heterocycles. The van der Waals surface area contributed by atoms with Crippen LogP contribution < -0.4 is 5.73 Å². The monoisotopic (exact) mass is 216 g/mol. The standard InChI is InChI=1S/C11H24N2S/c1-3-13(9-10-4-5-10)11(8-12)6-7-14-2/h10-11H,3-9,12H2,1-2H3. The normalized spacial score (nSPS) is 18.9. The molecule has 3 heteroatoms. The second kappa shape index (κ2) is 6.70. The molecule has 0 heterocycles. The minimum absolute atomic E-state index is 0.619. The Kier molecular flexibility index (Phi) is 5.90. The molecular weight excluding hydrogens is 192 g/mol. The molecule has 14 heavy (non-hydrogen) atoms. The SMILES string of the molecule is CCN(CC1CC1)C(CN)CCSC. The zero-order valence-electron chi connectivity index (χ0n) is 9.54. The van der Waals surface area contributed by atoms with Gasteiger partial charge in [-0.3, -0.25) is 4.90 Å². The number of hydrogen-bond donors (Lipinski definition) is 1. The number of likely N-dealkylation sites (N-methyl/N-ethyl adjacent to an activating group) is 1. The molecule has 1 unspecified atom stereocenters. The highest BCUT2D eigenvalue weighted by Gasteiger charge is 2.26. The number of rotatable bonds is 8. The van der Waals surface area contributed by atoms with Gasteiger partial charge in [0, 0.05) is 19.1 Å². The van der Waals surface area contributed by atoms with Crippen LogP contribution in [0.4, 0.5) is 0 Å². The largest absolute Gasteiger partial charge is 0.329 e. The van der Waals surface area contributed by atoms with E-state index >= 15 is 0 Å². The first-order valence-corrected chi connectivity index (χ1v) is 7.14. The average molecular weight is 216 g/mol. The van der Waals surface area contributed by atoms with Gasteiger partial charge in [-0.05, 0) is 43.7 Å². The Bertz CT molecular complexity index is 148. The Morgan fingerprint density at radius 1 is 1.50 bits per heavy atom. The Balaban J connectivity index is 2.28. The molecule has 0 saturated heterocycles. The van der Waals surface area contributed by atoms with Gasteiger partial charge in [-0.15, -0.1) is 0 Å². The van der Waals surface area contributed by atoms with E-state index in [9.17, 15) is 0 Å². The highest BCUT2D eigenvalue weighted by molar-refractivity contribution is 7.98. The molecule has 2 nitrogen and oxygen atoms in total. The molecular formula is C11H24N2S. The molecule has 1 rings (SSSR count). The van der Waals surface area contributed by atoms with Crippen LogP contribution in [0.1, 0.15) is 26.2 Å². The third-order valence-electron chi connectivity index (χ3n) is 3.04. The van der Waals surface area contributed by atoms with E-state index in [-0.39, 0.29) is 0 Å². The number of hydrogen-bond acceptors (Lipinski definition) is 3. The smallest absolute Gasteiger partial charge is 0.0226 e. The average Bonchev–Trinajstić information content (AvgIpc) is 3.00. The molecule has 1 atom stereocenters. The summed E-state index contributed by atoms with van der Waals surface area (Å²) in [5, 5.41) is 0. The van der Waals surface area contributed by atoms with Crippen LogP contribution in [0.2, 0.25) is 0 Å². The molecule has 1 aliphatic carbocycles. The van der Waals surface area contributed by atoms with Gasteiger partial charge in [-0.25, -0.2) is 0 Å².